The van der Waals surface area contributed by atoms with Gasteiger partial charge in [-0.05, 0) is 26.2 Å². The summed E-state index contributed by atoms with van der Waals surface area (Å²) in [5.74, 6) is 3.33. The molecule has 1 heterocycles. The molecule has 2 rings (SSSR count). The third-order valence-corrected chi connectivity index (χ3v) is 3.75. The van der Waals surface area contributed by atoms with E-state index in [1.807, 2.05) is 0 Å². The van der Waals surface area contributed by atoms with Crippen molar-refractivity contribution >= 4 is 22.4 Å². The van der Waals surface area contributed by atoms with Crippen LogP contribution in [0.2, 0.25) is 0 Å². The minimum Gasteiger partial charge on any atom is -0.384 e. The van der Waals surface area contributed by atoms with Gasteiger partial charge in [0.2, 0.25) is 0 Å². The zero-order chi connectivity index (χ0) is 13.1. The fourth-order valence-corrected chi connectivity index (χ4v) is 2.44. The molecule has 1 aromatic heterocycles. The smallest absolute Gasteiger partial charge is 0.136 e. The molecule has 0 spiro atoms. The Morgan fingerprint density at radius 3 is 2.89 bits per heavy atom. The number of anilines is 2. The van der Waals surface area contributed by atoms with Crippen LogP contribution in [0.15, 0.2) is 6.07 Å². The van der Waals surface area contributed by atoms with Gasteiger partial charge in [0.25, 0.3) is 0 Å². The van der Waals surface area contributed by atoms with Crippen molar-refractivity contribution in [3.63, 3.8) is 0 Å². The fourth-order valence-electron chi connectivity index (χ4n) is 1.75. The molecule has 2 unspecified atom stereocenters. The van der Waals surface area contributed by atoms with Crippen LogP contribution in [0.5, 0.6) is 0 Å². The summed E-state index contributed by atoms with van der Waals surface area (Å²) < 4.78 is 11.0. The molecule has 100 valence electrons. The van der Waals surface area contributed by atoms with E-state index in [0.717, 1.165) is 30.9 Å². The van der Waals surface area contributed by atoms with Gasteiger partial charge in [-0.15, -0.1) is 0 Å². The van der Waals surface area contributed by atoms with Crippen LogP contribution in [0.25, 0.3) is 0 Å². The first kappa shape index (κ1) is 13.3. The van der Waals surface area contributed by atoms with Crippen molar-refractivity contribution in [2.24, 2.45) is 0 Å². The Hall–Kier alpha value is -1.17. The van der Waals surface area contributed by atoms with E-state index in [2.05, 4.69) is 22.2 Å². The molecule has 1 saturated carbocycles. The van der Waals surface area contributed by atoms with Gasteiger partial charge in [-0.3, -0.25) is 4.21 Å². The second-order valence-corrected chi connectivity index (χ2v) is 6.48. The molecule has 0 radical (unpaired) electrons. The van der Waals surface area contributed by atoms with Crippen molar-refractivity contribution in [3.8, 4) is 0 Å². The third-order valence-electron chi connectivity index (χ3n) is 2.94. The lowest BCUT2D eigenvalue weighted by Crippen LogP contribution is -2.19. The van der Waals surface area contributed by atoms with Gasteiger partial charge in [0.05, 0.1) is 0 Å². The van der Waals surface area contributed by atoms with Crippen LogP contribution in [-0.4, -0.2) is 32.2 Å². The van der Waals surface area contributed by atoms with Crippen molar-refractivity contribution < 1.29 is 4.21 Å². The maximum atomic E-state index is 11.0. The van der Waals surface area contributed by atoms with Crippen molar-refractivity contribution in [3.05, 3.63) is 11.9 Å². The van der Waals surface area contributed by atoms with Crippen molar-refractivity contribution in [2.45, 2.75) is 38.1 Å². The van der Waals surface area contributed by atoms with Crippen LogP contribution in [0.1, 0.15) is 37.9 Å². The first-order valence-electron chi connectivity index (χ1n) is 6.25. The summed E-state index contributed by atoms with van der Waals surface area (Å²) in [6, 6.07) is 1.99. The van der Waals surface area contributed by atoms with Gasteiger partial charge in [0, 0.05) is 40.8 Å². The summed E-state index contributed by atoms with van der Waals surface area (Å²) in [6.07, 6.45) is 4.90. The normalized spacial score (nSPS) is 18.3. The Morgan fingerprint density at radius 1 is 1.56 bits per heavy atom. The number of rotatable bonds is 6. The quantitative estimate of drug-likeness (QED) is 0.817. The monoisotopic (exact) mass is 268 g/mol. The Balaban J connectivity index is 1.97. The molecular formula is C12H20N4OS. The second-order valence-electron chi connectivity index (χ2n) is 4.92. The number of aromatic nitrogens is 2. The third kappa shape index (κ3) is 3.94. The molecule has 0 amide bonds. The van der Waals surface area contributed by atoms with Crippen LogP contribution < -0.4 is 11.1 Å². The summed E-state index contributed by atoms with van der Waals surface area (Å²) in [5.41, 5.74) is 5.78. The van der Waals surface area contributed by atoms with Crippen molar-refractivity contribution in [1.29, 1.82) is 0 Å². The largest absolute Gasteiger partial charge is 0.384 e. The molecule has 0 aliphatic heterocycles. The molecule has 2 atom stereocenters. The molecule has 0 aromatic carbocycles. The lowest BCUT2D eigenvalue weighted by atomic mass is 10.2. The highest BCUT2D eigenvalue weighted by molar-refractivity contribution is 7.84. The SMILES string of the molecule is CC(CCS(C)=O)Nc1cc(N)nc(C2CC2)n1. The highest BCUT2D eigenvalue weighted by Crippen LogP contribution is 2.38. The van der Waals surface area contributed by atoms with E-state index in [9.17, 15) is 4.21 Å². The van der Waals surface area contributed by atoms with E-state index in [4.69, 9.17) is 5.73 Å². The lowest BCUT2D eigenvalue weighted by molar-refractivity contribution is 0.678. The van der Waals surface area contributed by atoms with Crippen molar-refractivity contribution in [1.82, 2.24) is 9.97 Å². The molecule has 5 nitrogen and oxygen atoms in total. The van der Waals surface area contributed by atoms with Crippen LogP contribution in [0, 0.1) is 0 Å². The van der Waals surface area contributed by atoms with Crippen LogP contribution in [0.4, 0.5) is 11.6 Å². The zero-order valence-corrected chi connectivity index (χ0v) is 11.7. The van der Waals surface area contributed by atoms with E-state index in [0.29, 0.717) is 17.5 Å². The number of nitrogen functional groups attached to an aromatic ring is 1. The van der Waals surface area contributed by atoms with Crippen LogP contribution >= 0.6 is 0 Å². The minimum atomic E-state index is -0.748. The van der Waals surface area contributed by atoms with Gasteiger partial charge in [-0.25, -0.2) is 9.97 Å². The predicted molar refractivity (Wildman–Crippen MR) is 75.1 cm³/mol. The molecule has 6 heteroatoms. The molecule has 0 bridgehead atoms. The summed E-state index contributed by atoms with van der Waals surface area (Å²) in [5, 5.41) is 3.30. The van der Waals surface area contributed by atoms with Crippen molar-refractivity contribution in [2.75, 3.05) is 23.1 Å². The van der Waals surface area contributed by atoms with Gasteiger partial charge >= 0.3 is 0 Å². The predicted octanol–water partition coefficient (Wildman–Crippen LogP) is 1.51. The van der Waals surface area contributed by atoms with E-state index < -0.39 is 10.8 Å². The van der Waals surface area contributed by atoms with Gasteiger partial charge in [-0.2, -0.15) is 0 Å². The summed E-state index contributed by atoms with van der Waals surface area (Å²) in [7, 11) is -0.748. The van der Waals surface area contributed by atoms with Gasteiger partial charge in [0.1, 0.15) is 17.5 Å². The van der Waals surface area contributed by atoms with E-state index in [1.54, 1.807) is 12.3 Å². The van der Waals surface area contributed by atoms with Crippen LogP contribution in [-0.2, 0) is 10.8 Å². The molecule has 1 aliphatic carbocycles. The minimum absolute atomic E-state index is 0.232. The van der Waals surface area contributed by atoms with Crippen LogP contribution in [0.3, 0.4) is 0 Å². The van der Waals surface area contributed by atoms with E-state index in [1.165, 1.54) is 0 Å². The Labute approximate surface area is 110 Å². The summed E-state index contributed by atoms with van der Waals surface area (Å²) in [6.45, 7) is 2.06. The van der Waals surface area contributed by atoms with Gasteiger partial charge in [-0.1, -0.05) is 0 Å². The first-order valence-corrected chi connectivity index (χ1v) is 7.98. The van der Waals surface area contributed by atoms with E-state index >= 15 is 0 Å². The number of nitrogens with two attached hydrogens (primary N) is 1. The lowest BCUT2D eigenvalue weighted by Gasteiger charge is -2.14. The second kappa shape index (κ2) is 5.65. The Kier molecular flexibility index (Phi) is 4.16. The van der Waals surface area contributed by atoms with E-state index in [-0.39, 0.29) is 6.04 Å². The highest BCUT2D eigenvalue weighted by atomic mass is 32.2. The molecule has 3 N–H and O–H groups in total. The summed E-state index contributed by atoms with van der Waals surface area (Å²) in [4.78, 5) is 8.74. The van der Waals surface area contributed by atoms with Gasteiger partial charge in [0.15, 0.2) is 0 Å². The molecule has 1 fully saturated rings. The number of hydrogen-bond donors (Lipinski definition) is 2. The van der Waals surface area contributed by atoms with Gasteiger partial charge < -0.3 is 11.1 Å². The summed E-state index contributed by atoms with van der Waals surface area (Å²) >= 11 is 0. The average Bonchev–Trinajstić information content (AvgIpc) is 3.09. The number of nitrogens with one attached hydrogen (secondary N) is 1. The standard InChI is InChI=1S/C12H20N4OS/c1-8(5-6-18(2)17)14-11-7-10(13)15-12(16-11)9-3-4-9/h7-9H,3-6H2,1-2H3,(H3,13,14,15,16). The molecule has 0 saturated heterocycles. The maximum absolute atomic E-state index is 11.0. The zero-order valence-electron chi connectivity index (χ0n) is 10.8. The highest BCUT2D eigenvalue weighted by Gasteiger charge is 2.27. The Bertz CT molecular complexity index is 448. The molecule has 18 heavy (non-hydrogen) atoms. The molecular weight excluding hydrogens is 248 g/mol. The first-order chi connectivity index (χ1) is 8.54. The fraction of sp³-hybridized carbons (Fsp3) is 0.667. The number of nitrogens with zero attached hydrogens (tertiary/aromatic N) is 2. The average molecular weight is 268 g/mol. The maximum Gasteiger partial charge on any atom is 0.136 e. The Morgan fingerprint density at radius 2 is 2.28 bits per heavy atom. The topological polar surface area (TPSA) is 80.9 Å². The molecule has 1 aliphatic rings. The molecule has 1 aromatic rings. The number of hydrogen-bond acceptors (Lipinski definition) is 5.